The highest BCUT2D eigenvalue weighted by Crippen LogP contribution is 2.27. The molecule has 0 saturated heterocycles. The van der Waals surface area contributed by atoms with E-state index in [0.717, 1.165) is 0 Å². The molecule has 114 valence electrons. The Bertz CT molecular complexity index is 548. The minimum Gasteiger partial charge on any atom is -0.399 e. The second kappa shape index (κ2) is 6.76. The van der Waals surface area contributed by atoms with Crippen LogP contribution in [0.2, 0.25) is 5.02 Å². The van der Waals surface area contributed by atoms with Crippen LogP contribution in [0.1, 0.15) is 26.7 Å². The minimum absolute atomic E-state index is 0.00703. The number of nitrogen functional groups attached to an aromatic ring is 1. The van der Waals surface area contributed by atoms with E-state index in [4.69, 9.17) is 17.3 Å². The molecule has 0 saturated carbocycles. The smallest absolute Gasteiger partial charge is 0.242 e. The van der Waals surface area contributed by atoms with Crippen LogP contribution >= 0.6 is 11.6 Å². The van der Waals surface area contributed by atoms with Crippen molar-refractivity contribution in [3.05, 3.63) is 23.2 Å². The molecule has 0 aliphatic carbocycles. The molecule has 0 bridgehead atoms. The summed E-state index contributed by atoms with van der Waals surface area (Å²) in [4.78, 5) is -0.00703. The molecule has 5 nitrogen and oxygen atoms in total. The number of halogens is 1. The molecule has 7 heteroatoms. The van der Waals surface area contributed by atoms with Gasteiger partial charge in [-0.3, -0.25) is 0 Å². The molecule has 0 fully saturated rings. The van der Waals surface area contributed by atoms with Crippen LogP contribution in [-0.2, 0) is 10.0 Å². The van der Waals surface area contributed by atoms with Crippen molar-refractivity contribution in [1.82, 2.24) is 4.72 Å². The summed E-state index contributed by atoms with van der Waals surface area (Å²) >= 11 is 5.92. The van der Waals surface area contributed by atoms with Crippen LogP contribution < -0.4 is 10.5 Å². The first-order valence-electron chi connectivity index (χ1n) is 6.46. The van der Waals surface area contributed by atoms with E-state index in [1.54, 1.807) is 0 Å². The van der Waals surface area contributed by atoms with E-state index in [-0.39, 0.29) is 23.1 Å². The Kier molecular flexibility index (Phi) is 5.82. The molecule has 4 N–H and O–H groups in total. The highest BCUT2D eigenvalue weighted by Gasteiger charge is 2.28. The number of aliphatic hydroxyl groups excluding tert-OH is 1. The Morgan fingerprint density at radius 2 is 1.95 bits per heavy atom. The zero-order chi connectivity index (χ0) is 15.4. The van der Waals surface area contributed by atoms with Gasteiger partial charge >= 0.3 is 0 Å². The Morgan fingerprint density at radius 3 is 2.40 bits per heavy atom. The highest BCUT2D eigenvalue weighted by atomic mass is 35.5. The lowest BCUT2D eigenvalue weighted by molar-refractivity contribution is 0.119. The SMILES string of the molecule is CCC(CC)(CO)CNS(=O)(=O)c1ccc(N)cc1Cl. The van der Waals surface area contributed by atoms with E-state index in [0.29, 0.717) is 18.5 Å². The van der Waals surface area contributed by atoms with E-state index in [2.05, 4.69) is 4.72 Å². The van der Waals surface area contributed by atoms with Crippen molar-refractivity contribution >= 4 is 27.3 Å². The summed E-state index contributed by atoms with van der Waals surface area (Å²) < 4.78 is 27.0. The first-order chi connectivity index (χ1) is 9.30. The lowest BCUT2D eigenvalue weighted by Gasteiger charge is -2.29. The van der Waals surface area contributed by atoms with Gasteiger partial charge in [0.05, 0.1) is 5.02 Å². The van der Waals surface area contributed by atoms with E-state index in [1.165, 1.54) is 18.2 Å². The van der Waals surface area contributed by atoms with Gasteiger partial charge in [-0.2, -0.15) is 0 Å². The number of rotatable bonds is 7. The molecular formula is C13H21ClN2O3S. The summed E-state index contributed by atoms with van der Waals surface area (Å²) in [5, 5.41) is 9.54. The molecule has 1 aromatic rings. The number of sulfonamides is 1. The van der Waals surface area contributed by atoms with Crippen LogP contribution in [0.3, 0.4) is 0 Å². The maximum Gasteiger partial charge on any atom is 0.242 e. The average molecular weight is 321 g/mol. The second-order valence-corrected chi connectivity index (χ2v) is 7.02. The Hall–Kier alpha value is -0.820. The molecule has 0 aromatic heterocycles. The predicted molar refractivity (Wildman–Crippen MR) is 81.2 cm³/mol. The molecule has 0 aliphatic rings. The zero-order valence-corrected chi connectivity index (χ0v) is 13.3. The summed E-state index contributed by atoms with van der Waals surface area (Å²) in [7, 11) is -3.72. The van der Waals surface area contributed by atoms with Crippen LogP contribution in [0.15, 0.2) is 23.1 Å². The lowest BCUT2D eigenvalue weighted by atomic mass is 9.84. The molecule has 0 atom stereocenters. The van der Waals surface area contributed by atoms with Crippen LogP contribution in [0.25, 0.3) is 0 Å². The molecule has 0 spiro atoms. The van der Waals surface area contributed by atoms with Crippen LogP contribution in [0, 0.1) is 5.41 Å². The van der Waals surface area contributed by atoms with Gasteiger partial charge in [-0.1, -0.05) is 25.4 Å². The van der Waals surface area contributed by atoms with Gasteiger partial charge in [0.15, 0.2) is 0 Å². The highest BCUT2D eigenvalue weighted by molar-refractivity contribution is 7.89. The summed E-state index contributed by atoms with van der Waals surface area (Å²) in [5.74, 6) is 0. The van der Waals surface area contributed by atoms with E-state index in [1.807, 2.05) is 13.8 Å². The molecule has 1 rings (SSSR count). The first-order valence-corrected chi connectivity index (χ1v) is 8.32. The van der Waals surface area contributed by atoms with E-state index >= 15 is 0 Å². The number of anilines is 1. The average Bonchev–Trinajstić information content (AvgIpc) is 2.40. The van der Waals surface area contributed by atoms with Crippen molar-refractivity contribution in [1.29, 1.82) is 0 Å². The van der Waals surface area contributed by atoms with Gasteiger partial charge in [0.1, 0.15) is 4.90 Å². The topological polar surface area (TPSA) is 92.4 Å². The maximum absolute atomic E-state index is 12.2. The third kappa shape index (κ3) is 3.85. The molecule has 0 amide bonds. The summed E-state index contributed by atoms with van der Waals surface area (Å²) in [5.41, 5.74) is 5.50. The quantitative estimate of drug-likeness (QED) is 0.670. The molecule has 20 heavy (non-hydrogen) atoms. The fraction of sp³-hybridized carbons (Fsp3) is 0.538. The van der Waals surface area contributed by atoms with Gasteiger partial charge in [0, 0.05) is 24.3 Å². The fourth-order valence-corrected chi connectivity index (χ4v) is 3.55. The van der Waals surface area contributed by atoms with Gasteiger partial charge in [0.2, 0.25) is 10.0 Å². The summed E-state index contributed by atoms with van der Waals surface area (Å²) in [6.07, 6.45) is 1.36. The van der Waals surface area contributed by atoms with Crippen molar-refractivity contribution in [3.63, 3.8) is 0 Å². The second-order valence-electron chi connectivity index (χ2n) is 4.88. The fourth-order valence-electron chi connectivity index (χ4n) is 1.84. The molecular weight excluding hydrogens is 300 g/mol. The molecule has 0 aliphatic heterocycles. The number of nitrogens with two attached hydrogens (primary N) is 1. The first kappa shape index (κ1) is 17.2. The maximum atomic E-state index is 12.2. The van der Waals surface area contributed by atoms with Crippen LogP contribution in [-0.4, -0.2) is 26.7 Å². The van der Waals surface area contributed by atoms with Crippen molar-refractivity contribution < 1.29 is 13.5 Å². The normalized spacial score (nSPS) is 12.6. The van der Waals surface area contributed by atoms with Crippen molar-refractivity contribution in [2.45, 2.75) is 31.6 Å². The van der Waals surface area contributed by atoms with Gasteiger partial charge in [-0.25, -0.2) is 13.1 Å². The van der Waals surface area contributed by atoms with Crippen molar-refractivity contribution in [2.24, 2.45) is 5.41 Å². The number of nitrogens with one attached hydrogen (secondary N) is 1. The third-order valence-corrected chi connectivity index (χ3v) is 5.60. The Morgan fingerprint density at radius 1 is 1.35 bits per heavy atom. The minimum atomic E-state index is -3.72. The summed E-state index contributed by atoms with van der Waals surface area (Å²) in [6.45, 7) is 3.94. The van der Waals surface area contributed by atoms with Gasteiger partial charge in [-0.05, 0) is 31.0 Å². The number of hydrogen-bond donors (Lipinski definition) is 3. The molecule has 0 radical (unpaired) electrons. The van der Waals surface area contributed by atoms with Gasteiger partial charge in [0.25, 0.3) is 0 Å². The summed E-state index contributed by atoms with van der Waals surface area (Å²) in [6, 6.07) is 4.26. The predicted octanol–water partition coefficient (Wildman–Crippen LogP) is 2.00. The standard InChI is InChI=1S/C13H21ClN2O3S/c1-3-13(4-2,9-17)8-16-20(18,19)12-6-5-10(15)7-11(12)14/h5-7,16-17H,3-4,8-9,15H2,1-2H3. The zero-order valence-electron chi connectivity index (χ0n) is 11.7. The van der Waals surface area contributed by atoms with Crippen LogP contribution in [0.4, 0.5) is 5.69 Å². The lowest BCUT2D eigenvalue weighted by Crippen LogP contribution is -2.39. The molecule has 0 heterocycles. The van der Waals surface area contributed by atoms with Gasteiger partial charge < -0.3 is 10.8 Å². The van der Waals surface area contributed by atoms with Gasteiger partial charge in [-0.15, -0.1) is 0 Å². The largest absolute Gasteiger partial charge is 0.399 e. The molecule has 0 unspecified atom stereocenters. The molecule has 1 aromatic carbocycles. The number of benzene rings is 1. The third-order valence-electron chi connectivity index (χ3n) is 3.72. The van der Waals surface area contributed by atoms with Crippen molar-refractivity contribution in [2.75, 3.05) is 18.9 Å². The number of hydrogen-bond acceptors (Lipinski definition) is 4. The number of aliphatic hydroxyl groups is 1. The Labute approximate surface area is 125 Å². The van der Waals surface area contributed by atoms with E-state index in [9.17, 15) is 13.5 Å². The van der Waals surface area contributed by atoms with Crippen LogP contribution in [0.5, 0.6) is 0 Å². The van der Waals surface area contributed by atoms with Crippen molar-refractivity contribution in [3.8, 4) is 0 Å². The van der Waals surface area contributed by atoms with E-state index < -0.39 is 15.4 Å². The monoisotopic (exact) mass is 320 g/mol. The Balaban J connectivity index is 2.96.